The molecule has 21 heavy (non-hydrogen) atoms. The van der Waals surface area contributed by atoms with E-state index in [9.17, 15) is 9.59 Å². The molecular formula is C16H23NO4. The van der Waals surface area contributed by atoms with E-state index in [-0.39, 0.29) is 31.4 Å². The van der Waals surface area contributed by atoms with E-state index < -0.39 is 5.41 Å². The first-order valence-electron chi connectivity index (χ1n) is 6.90. The molecule has 1 rings (SSSR count). The van der Waals surface area contributed by atoms with Crippen molar-refractivity contribution >= 4 is 11.9 Å². The molecule has 5 nitrogen and oxygen atoms in total. The summed E-state index contributed by atoms with van der Waals surface area (Å²) in [5, 5.41) is 2.71. The Bertz CT molecular complexity index is 491. The number of carbonyl (C=O) groups excluding carboxylic acids is 2. The standard InChI is InChI=1S/C16H23NO4/c1-16(2,3)15(19)17-9-8-14(18)21-11-12-6-5-7-13(10-12)20-4/h5-7,10H,8-9,11H2,1-4H3,(H,17,19). The van der Waals surface area contributed by atoms with Gasteiger partial charge >= 0.3 is 5.97 Å². The maximum absolute atomic E-state index is 11.6. The molecule has 0 radical (unpaired) electrons. The van der Waals surface area contributed by atoms with Gasteiger partial charge in [0.05, 0.1) is 13.5 Å². The maximum atomic E-state index is 11.6. The fraction of sp³-hybridized carbons (Fsp3) is 0.500. The zero-order valence-electron chi connectivity index (χ0n) is 13.1. The van der Waals surface area contributed by atoms with Gasteiger partial charge in [-0.25, -0.2) is 0 Å². The number of amides is 1. The summed E-state index contributed by atoms with van der Waals surface area (Å²) in [5.74, 6) is 0.302. The molecule has 0 aliphatic rings. The Morgan fingerprint density at radius 3 is 2.57 bits per heavy atom. The second-order valence-corrected chi connectivity index (χ2v) is 5.77. The van der Waals surface area contributed by atoms with Crippen LogP contribution in [0, 0.1) is 5.41 Å². The third-order valence-electron chi connectivity index (χ3n) is 2.83. The maximum Gasteiger partial charge on any atom is 0.307 e. The molecule has 0 fully saturated rings. The molecule has 0 aliphatic heterocycles. The van der Waals surface area contributed by atoms with Crippen LogP contribution in [0.15, 0.2) is 24.3 Å². The average molecular weight is 293 g/mol. The predicted molar refractivity (Wildman–Crippen MR) is 79.9 cm³/mol. The molecule has 0 aliphatic carbocycles. The summed E-state index contributed by atoms with van der Waals surface area (Å²) < 4.78 is 10.2. The van der Waals surface area contributed by atoms with Crippen molar-refractivity contribution in [2.24, 2.45) is 5.41 Å². The van der Waals surface area contributed by atoms with Gasteiger partial charge in [0.25, 0.3) is 0 Å². The lowest BCUT2D eigenvalue weighted by atomic mass is 9.96. The first-order valence-corrected chi connectivity index (χ1v) is 6.90. The first-order chi connectivity index (χ1) is 9.82. The van der Waals surface area contributed by atoms with Crippen LogP contribution >= 0.6 is 0 Å². The minimum Gasteiger partial charge on any atom is -0.497 e. The van der Waals surface area contributed by atoms with Crippen molar-refractivity contribution in [1.29, 1.82) is 0 Å². The number of hydrogen-bond donors (Lipinski definition) is 1. The average Bonchev–Trinajstić information content (AvgIpc) is 2.44. The third kappa shape index (κ3) is 6.29. The van der Waals surface area contributed by atoms with Crippen LogP contribution in [0.25, 0.3) is 0 Å². The minimum absolute atomic E-state index is 0.0805. The van der Waals surface area contributed by atoms with Crippen LogP contribution in [0.5, 0.6) is 5.75 Å². The molecular weight excluding hydrogens is 270 g/mol. The van der Waals surface area contributed by atoms with Gasteiger partial charge in [-0.05, 0) is 17.7 Å². The Kier molecular flexibility index (Phi) is 6.21. The lowest BCUT2D eigenvalue weighted by Gasteiger charge is -2.17. The zero-order chi connectivity index (χ0) is 15.9. The number of nitrogens with one attached hydrogen (secondary N) is 1. The van der Waals surface area contributed by atoms with Crippen LogP contribution in [0.1, 0.15) is 32.8 Å². The number of esters is 1. The van der Waals surface area contributed by atoms with Gasteiger partial charge in [-0.3, -0.25) is 9.59 Å². The zero-order valence-corrected chi connectivity index (χ0v) is 13.1. The topological polar surface area (TPSA) is 64.6 Å². The number of rotatable bonds is 6. The van der Waals surface area contributed by atoms with Gasteiger partial charge < -0.3 is 14.8 Å². The normalized spacial score (nSPS) is 10.9. The largest absolute Gasteiger partial charge is 0.497 e. The number of benzene rings is 1. The summed E-state index contributed by atoms with van der Waals surface area (Å²) in [5.41, 5.74) is 0.409. The van der Waals surface area contributed by atoms with E-state index in [1.165, 1.54) is 0 Å². The molecule has 0 aromatic heterocycles. The molecule has 1 amide bonds. The van der Waals surface area contributed by atoms with Gasteiger partial charge in [-0.2, -0.15) is 0 Å². The van der Waals surface area contributed by atoms with Crippen molar-refractivity contribution in [1.82, 2.24) is 5.32 Å². The molecule has 0 bridgehead atoms. The first kappa shape index (κ1) is 17.0. The van der Waals surface area contributed by atoms with E-state index in [4.69, 9.17) is 9.47 Å². The molecule has 1 aromatic carbocycles. The SMILES string of the molecule is COc1cccc(COC(=O)CCNC(=O)C(C)(C)C)c1. The summed E-state index contributed by atoms with van der Waals surface area (Å²) >= 11 is 0. The molecule has 1 N–H and O–H groups in total. The van der Waals surface area contributed by atoms with E-state index in [1.807, 2.05) is 45.0 Å². The van der Waals surface area contributed by atoms with Gasteiger partial charge in [0.15, 0.2) is 0 Å². The molecule has 0 spiro atoms. The van der Waals surface area contributed by atoms with Gasteiger partial charge in [0.2, 0.25) is 5.91 Å². The van der Waals surface area contributed by atoms with Gasteiger partial charge in [0, 0.05) is 12.0 Å². The number of carbonyl (C=O) groups is 2. The number of ether oxygens (including phenoxy) is 2. The Morgan fingerprint density at radius 2 is 1.95 bits per heavy atom. The molecule has 0 heterocycles. The Labute approximate surface area is 125 Å². The van der Waals surface area contributed by atoms with E-state index in [0.717, 1.165) is 11.3 Å². The van der Waals surface area contributed by atoms with Crippen LogP contribution in [0.2, 0.25) is 0 Å². The lowest BCUT2D eigenvalue weighted by Crippen LogP contribution is -2.36. The van der Waals surface area contributed by atoms with Crippen LogP contribution in [0.4, 0.5) is 0 Å². The summed E-state index contributed by atoms with van der Waals surface area (Å²) in [7, 11) is 1.59. The van der Waals surface area contributed by atoms with Crippen LogP contribution < -0.4 is 10.1 Å². The Morgan fingerprint density at radius 1 is 1.24 bits per heavy atom. The fourth-order valence-corrected chi connectivity index (χ4v) is 1.54. The molecule has 0 saturated carbocycles. The fourth-order valence-electron chi connectivity index (χ4n) is 1.54. The molecule has 0 saturated heterocycles. The highest BCUT2D eigenvalue weighted by Crippen LogP contribution is 2.14. The Balaban J connectivity index is 2.30. The highest BCUT2D eigenvalue weighted by molar-refractivity contribution is 5.81. The van der Waals surface area contributed by atoms with Crippen LogP contribution in [-0.4, -0.2) is 25.5 Å². The van der Waals surface area contributed by atoms with Crippen molar-refractivity contribution in [3.8, 4) is 5.75 Å². The van der Waals surface area contributed by atoms with Crippen molar-refractivity contribution < 1.29 is 19.1 Å². The van der Waals surface area contributed by atoms with Gasteiger partial charge in [-0.1, -0.05) is 32.9 Å². The molecule has 1 aromatic rings. The monoisotopic (exact) mass is 293 g/mol. The third-order valence-corrected chi connectivity index (χ3v) is 2.83. The smallest absolute Gasteiger partial charge is 0.307 e. The molecule has 5 heteroatoms. The summed E-state index contributed by atoms with van der Waals surface area (Å²) in [4.78, 5) is 23.2. The minimum atomic E-state index is -0.454. The van der Waals surface area contributed by atoms with Gasteiger partial charge in [0.1, 0.15) is 12.4 Å². The quantitative estimate of drug-likeness (QED) is 0.817. The van der Waals surface area contributed by atoms with E-state index >= 15 is 0 Å². The number of hydrogen-bond acceptors (Lipinski definition) is 4. The highest BCUT2D eigenvalue weighted by atomic mass is 16.5. The van der Waals surface area contributed by atoms with Crippen molar-refractivity contribution in [3.05, 3.63) is 29.8 Å². The van der Waals surface area contributed by atoms with E-state index in [1.54, 1.807) is 7.11 Å². The molecule has 116 valence electrons. The Hall–Kier alpha value is -2.04. The van der Waals surface area contributed by atoms with Crippen molar-refractivity contribution in [3.63, 3.8) is 0 Å². The van der Waals surface area contributed by atoms with E-state index in [2.05, 4.69) is 5.32 Å². The summed E-state index contributed by atoms with van der Waals surface area (Å²) in [6.07, 6.45) is 0.159. The highest BCUT2D eigenvalue weighted by Gasteiger charge is 2.20. The lowest BCUT2D eigenvalue weighted by molar-refractivity contribution is -0.144. The van der Waals surface area contributed by atoms with Crippen LogP contribution in [0.3, 0.4) is 0 Å². The predicted octanol–water partition coefficient (Wildman–Crippen LogP) is 2.29. The molecule has 0 atom stereocenters. The summed E-state index contributed by atoms with van der Waals surface area (Å²) in [6, 6.07) is 7.34. The molecule has 0 unspecified atom stereocenters. The van der Waals surface area contributed by atoms with Crippen molar-refractivity contribution in [2.75, 3.05) is 13.7 Å². The van der Waals surface area contributed by atoms with E-state index in [0.29, 0.717) is 0 Å². The van der Waals surface area contributed by atoms with Crippen LogP contribution in [-0.2, 0) is 20.9 Å². The second-order valence-electron chi connectivity index (χ2n) is 5.77. The van der Waals surface area contributed by atoms with Gasteiger partial charge in [-0.15, -0.1) is 0 Å². The summed E-state index contributed by atoms with van der Waals surface area (Å²) in [6.45, 7) is 5.95. The second kappa shape index (κ2) is 7.67. The van der Waals surface area contributed by atoms with Crippen molar-refractivity contribution in [2.45, 2.75) is 33.8 Å². The number of methoxy groups -OCH3 is 1.